The van der Waals surface area contributed by atoms with Crippen molar-refractivity contribution < 1.29 is 9.59 Å². The number of halogens is 1. The van der Waals surface area contributed by atoms with E-state index in [0.717, 1.165) is 10.4 Å². The molecular weight excluding hydrogens is 352 g/mol. The minimum Gasteiger partial charge on any atom is -0.366 e. The summed E-state index contributed by atoms with van der Waals surface area (Å²) in [5.41, 5.74) is 6.68. The van der Waals surface area contributed by atoms with Gasteiger partial charge in [0.15, 0.2) is 0 Å². The second-order valence-corrected chi connectivity index (χ2v) is 7.41. The van der Waals surface area contributed by atoms with Crippen molar-refractivity contribution >= 4 is 51.1 Å². The van der Waals surface area contributed by atoms with E-state index in [4.69, 9.17) is 17.3 Å². The van der Waals surface area contributed by atoms with Crippen molar-refractivity contribution in [2.45, 2.75) is 0 Å². The molecule has 2 amide bonds. The minimum absolute atomic E-state index is 0.296. The third-order valence-corrected chi connectivity index (χ3v) is 5.41. The topological polar surface area (TPSA) is 72.2 Å². The van der Waals surface area contributed by atoms with Gasteiger partial charge >= 0.3 is 0 Å². The second kappa shape index (κ2) is 6.54. The Labute approximate surface area is 145 Å². The minimum atomic E-state index is -0.581. The molecule has 0 bridgehead atoms. The first kappa shape index (κ1) is 15.7. The van der Waals surface area contributed by atoms with Crippen molar-refractivity contribution in [1.82, 2.24) is 0 Å². The summed E-state index contributed by atoms with van der Waals surface area (Å²) >= 11 is 8.32. The molecule has 0 saturated heterocycles. The van der Waals surface area contributed by atoms with Crippen molar-refractivity contribution in [2.24, 2.45) is 5.73 Å². The highest BCUT2D eigenvalue weighted by molar-refractivity contribution is 7.20. The molecule has 0 aliphatic rings. The molecule has 0 radical (unpaired) electrons. The molecule has 3 N–H and O–H groups in total. The third kappa shape index (κ3) is 3.44. The maximum absolute atomic E-state index is 12.2. The fourth-order valence-electron chi connectivity index (χ4n) is 2.01. The molecule has 2 heterocycles. The number of nitrogens with one attached hydrogen (secondary N) is 1. The van der Waals surface area contributed by atoms with E-state index < -0.39 is 5.91 Å². The first-order valence-electron chi connectivity index (χ1n) is 6.60. The van der Waals surface area contributed by atoms with Crippen LogP contribution < -0.4 is 11.1 Å². The number of carbonyl (C=O) groups is 2. The fraction of sp³-hybridized carbons (Fsp3) is 0. The molecule has 0 saturated carbocycles. The molecule has 116 valence electrons. The molecule has 3 aromatic rings. The molecule has 3 rings (SSSR count). The number of hydrogen-bond acceptors (Lipinski definition) is 4. The van der Waals surface area contributed by atoms with Crippen LogP contribution >= 0.6 is 34.3 Å². The lowest BCUT2D eigenvalue weighted by Crippen LogP contribution is -2.15. The Balaban J connectivity index is 1.93. The van der Waals surface area contributed by atoms with Crippen LogP contribution in [-0.2, 0) is 0 Å². The van der Waals surface area contributed by atoms with Crippen molar-refractivity contribution in [3.63, 3.8) is 0 Å². The van der Waals surface area contributed by atoms with Crippen molar-refractivity contribution in [1.29, 1.82) is 0 Å². The van der Waals surface area contributed by atoms with E-state index in [0.29, 0.717) is 19.8 Å². The first-order valence-corrected chi connectivity index (χ1v) is 8.61. The lowest BCUT2D eigenvalue weighted by molar-refractivity contribution is 0.100. The van der Waals surface area contributed by atoms with E-state index in [-0.39, 0.29) is 5.91 Å². The number of thiophene rings is 2. The molecule has 7 heteroatoms. The highest BCUT2D eigenvalue weighted by atomic mass is 35.5. The largest absolute Gasteiger partial charge is 0.366 e. The standard InChI is InChI=1S/C16H11ClN2O2S2/c17-13-7-6-11(22-13)15(21)19-16-10(14(18)20)8-12(23-16)9-4-2-1-3-5-9/h1-8H,(H2,18,20)(H,19,21). The van der Waals surface area contributed by atoms with Crippen LogP contribution in [0.15, 0.2) is 48.5 Å². The number of anilines is 1. The summed E-state index contributed by atoms with van der Waals surface area (Å²) in [6, 6.07) is 14.6. The molecule has 1 aromatic carbocycles. The summed E-state index contributed by atoms with van der Waals surface area (Å²) in [5, 5.41) is 3.18. The average molecular weight is 363 g/mol. The maximum Gasteiger partial charge on any atom is 0.266 e. The summed E-state index contributed by atoms with van der Waals surface area (Å²) in [6.07, 6.45) is 0. The number of primary amides is 1. The third-order valence-electron chi connectivity index (χ3n) is 3.08. The van der Waals surface area contributed by atoms with Crippen LogP contribution in [0.3, 0.4) is 0 Å². The zero-order chi connectivity index (χ0) is 16.4. The first-order chi connectivity index (χ1) is 11.0. The van der Waals surface area contributed by atoms with E-state index >= 15 is 0 Å². The number of benzene rings is 1. The highest BCUT2D eigenvalue weighted by Crippen LogP contribution is 2.35. The van der Waals surface area contributed by atoms with Gasteiger partial charge in [0.25, 0.3) is 11.8 Å². The molecule has 0 aliphatic carbocycles. The van der Waals surface area contributed by atoms with Gasteiger partial charge < -0.3 is 11.1 Å². The Bertz CT molecular complexity index is 871. The van der Waals surface area contributed by atoms with E-state index in [2.05, 4.69) is 5.32 Å². The zero-order valence-corrected chi connectivity index (χ0v) is 14.1. The van der Waals surface area contributed by atoms with Crippen LogP contribution in [0.25, 0.3) is 10.4 Å². The van der Waals surface area contributed by atoms with Crippen LogP contribution in [-0.4, -0.2) is 11.8 Å². The van der Waals surface area contributed by atoms with Gasteiger partial charge in [0.1, 0.15) is 5.00 Å². The van der Waals surface area contributed by atoms with Crippen LogP contribution in [0.5, 0.6) is 0 Å². The zero-order valence-electron chi connectivity index (χ0n) is 11.7. The van der Waals surface area contributed by atoms with E-state index in [1.165, 1.54) is 22.7 Å². The van der Waals surface area contributed by atoms with Gasteiger partial charge in [-0.1, -0.05) is 41.9 Å². The summed E-state index contributed by atoms with van der Waals surface area (Å²) in [4.78, 5) is 25.2. The summed E-state index contributed by atoms with van der Waals surface area (Å²) in [7, 11) is 0. The van der Waals surface area contributed by atoms with Crippen molar-refractivity contribution in [3.8, 4) is 10.4 Å². The SMILES string of the molecule is NC(=O)c1cc(-c2ccccc2)sc1NC(=O)c1ccc(Cl)s1. The quantitative estimate of drug-likeness (QED) is 0.718. The highest BCUT2D eigenvalue weighted by Gasteiger charge is 2.18. The van der Waals surface area contributed by atoms with Gasteiger partial charge in [0.2, 0.25) is 0 Å². The number of carbonyl (C=O) groups excluding carboxylic acids is 2. The molecule has 4 nitrogen and oxygen atoms in total. The number of rotatable bonds is 4. The van der Waals surface area contributed by atoms with E-state index in [9.17, 15) is 9.59 Å². The molecule has 0 unspecified atom stereocenters. The van der Waals surface area contributed by atoms with Crippen LogP contribution in [0, 0.1) is 0 Å². The molecule has 0 fully saturated rings. The Kier molecular flexibility index (Phi) is 4.47. The van der Waals surface area contributed by atoms with Crippen LogP contribution in [0.2, 0.25) is 4.34 Å². The number of hydrogen-bond donors (Lipinski definition) is 2. The van der Waals surface area contributed by atoms with Gasteiger partial charge in [-0.25, -0.2) is 0 Å². The Morgan fingerprint density at radius 3 is 2.39 bits per heavy atom. The Hall–Kier alpha value is -2.15. The second-order valence-electron chi connectivity index (χ2n) is 4.64. The van der Waals surface area contributed by atoms with Crippen molar-refractivity contribution in [2.75, 3.05) is 5.32 Å². The summed E-state index contributed by atoms with van der Waals surface area (Å²) < 4.78 is 0.529. The van der Waals surface area contributed by atoms with Crippen molar-refractivity contribution in [3.05, 3.63) is 63.3 Å². The van der Waals surface area contributed by atoms with Crippen LogP contribution in [0.1, 0.15) is 20.0 Å². The number of nitrogens with two attached hydrogens (primary N) is 1. The van der Waals surface area contributed by atoms with Gasteiger partial charge in [-0.3, -0.25) is 9.59 Å². The summed E-state index contributed by atoms with van der Waals surface area (Å²) in [5.74, 6) is -0.895. The number of amides is 2. The molecule has 23 heavy (non-hydrogen) atoms. The lowest BCUT2D eigenvalue weighted by Gasteiger charge is -2.02. The Morgan fingerprint density at radius 2 is 1.78 bits per heavy atom. The van der Waals surface area contributed by atoms with Gasteiger partial charge in [-0.2, -0.15) is 0 Å². The van der Waals surface area contributed by atoms with Gasteiger partial charge in [0, 0.05) is 4.88 Å². The molecule has 0 aliphatic heterocycles. The van der Waals surface area contributed by atoms with Gasteiger partial charge in [-0.15, -0.1) is 22.7 Å². The normalized spacial score (nSPS) is 10.5. The Morgan fingerprint density at radius 1 is 1.04 bits per heavy atom. The lowest BCUT2D eigenvalue weighted by atomic mass is 10.1. The van der Waals surface area contributed by atoms with E-state index in [1.807, 2.05) is 30.3 Å². The molecular formula is C16H11ClN2O2S2. The van der Waals surface area contributed by atoms with Gasteiger partial charge in [-0.05, 0) is 23.8 Å². The van der Waals surface area contributed by atoms with Gasteiger partial charge in [0.05, 0.1) is 14.8 Å². The fourth-order valence-corrected chi connectivity index (χ4v) is 4.01. The maximum atomic E-state index is 12.2. The molecule has 0 atom stereocenters. The predicted molar refractivity (Wildman–Crippen MR) is 95.6 cm³/mol. The summed E-state index contributed by atoms with van der Waals surface area (Å²) in [6.45, 7) is 0. The predicted octanol–water partition coefficient (Wildman–Crippen LogP) is 4.48. The van der Waals surface area contributed by atoms with E-state index in [1.54, 1.807) is 18.2 Å². The monoisotopic (exact) mass is 362 g/mol. The van der Waals surface area contributed by atoms with Crippen LogP contribution in [0.4, 0.5) is 5.00 Å². The molecule has 0 spiro atoms. The smallest absolute Gasteiger partial charge is 0.266 e. The molecule has 2 aromatic heterocycles. The average Bonchev–Trinajstić information content (AvgIpc) is 3.15.